The zero-order valence-electron chi connectivity index (χ0n) is 11.5. The van der Waals surface area contributed by atoms with Gasteiger partial charge in [0.05, 0.1) is 6.10 Å². The van der Waals surface area contributed by atoms with E-state index in [0.29, 0.717) is 12.3 Å². The molecule has 0 spiro atoms. The first kappa shape index (κ1) is 13.2. The maximum atomic E-state index is 10.5. The SMILES string of the molecule is Oc1ccc(CC(O)C2CCc3ccccc3C2)cc1. The van der Waals surface area contributed by atoms with E-state index in [0.717, 1.165) is 24.8 Å². The standard InChI is InChI=1S/C18H20O2/c19-17-9-5-13(6-10-17)11-18(20)16-8-7-14-3-1-2-4-15(14)12-16/h1-6,9-10,16,18-20H,7-8,11-12H2. The Morgan fingerprint density at radius 1 is 1.00 bits per heavy atom. The van der Waals surface area contributed by atoms with Crippen molar-refractivity contribution in [3.63, 3.8) is 0 Å². The maximum Gasteiger partial charge on any atom is 0.115 e. The number of aliphatic hydroxyl groups is 1. The smallest absolute Gasteiger partial charge is 0.115 e. The quantitative estimate of drug-likeness (QED) is 0.898. The van der Waals surface area contributed by atoms with Gasteiger partial charge in [-0.15, -0.1) is 0 Å². The van der Waals surface area contributed by atoms with Gasteiger partial charge < -0.3 is 10.2 Å². The van der Waals surface area contributed by atoms with Crippen molar-refractivity contribution in [2.24, 2.45) is 5.92 Å². The fourth-order valence-electron chi connectivity index (χ4n) is 3.09. The van der Waals surface area contributed by atoms with Crippen LogP contribution in [0.2, 0.25) is 0 Å². The summed E-state index contributed by atoms with van der Waals surface area (Å²) in [5.41, 5.74) is 3.89. The Morgan fingerprint density at radius 2 is 1.70 bits per heavy atom. The highest BCUT2D eigenvalue weighted by molar-refractivity contribution is 5.30. The van der Waals surface area contributed by atoms with Crippen LogP contribution in [0.4, 0.5) is 0 Å². The van der Waals surface area contributed by atoms with E-state index >= 15 is 0 Å². The fraction of sp³-hybridized carbons (Fsp3) is 0.333. The number of aliphatic hydroxyl groups excluding tert-OH is 1. The molecule has 2 atom stereocenters. The van der Waals surface area contributed by atoms with Crippen LogP contribution in [0.1, 0.15) is 23.1 Å². The molecule has 0 heterocycles. The van der Waals surface area contributed by atoms with Crippen molar-refractivity contribution >= 4 is 0 Å². The molecule has 0 saturated carbocycles. The van der Waals surface area contributed by atoms with Gasteiger partial charge in [0.25, 0.3) is 0 Å². The Hall–Kier alpha value is -1.80. The minimum atomic E-state index is -0.312. The lowest BCUT2D eigenvalue weighted by atomic mass is 9.79. The third-order valence-electron chi connectivity index (χ3n) is 4.31. The van der Waals surface area contributed by atoms with E-state index < -0.39 is 0 Å². The Morgan fingerprint density at radius 3 is 2.45 bits per heavy atom. The van der Waals surface area contributed by atoms with Gasteiger partial charge in [0.15, 0.2) is 0 Å². The minimum Gasteiger partial charge on any atom is -0.508 e. The summed E-state index contributed by atoms with van der Waals surface area (Å²) in [6.07, 6.45) is 3.43. The third-order valence-corrected chi connectivity index (χ3v) is 4.31. The largest absolute Gasteiger partial charge is 0.508 e. The summed E-state index contributed by atoms with van der Waals surface area (Å²) < 4.78 is 0. The predicted molar refractivity (Wildman–Crippen MR) is 79.8 cm³/mol. The maximum absolute atomic E-state index is 10.5. The Balaban J connectivity index is 1.67. The van der Waals surface area contributed by atoms with Crippen LogP contribution in [-0.4, -0.2) is 16.3 Å². The van der Waals surface area contributed by atoms with Gasteiger partial charge in [0.2, 0.25) is 0 Å². The summed E-state index contributed by atoms with van der Waals surface area (Å²) >= 11 is 0. The fourth-order valence-corrected chi connectivity index (χ4v) is 3.09. The number of phenolic OH excluding ortho intramolecular Hbond substituents is 1. The van der Waals surface area contributed by atoms with E-state index in [1.165, 1.54) is 11.1 Å². The number of hydrogen-bond donors (Lipinski definition) is 2. The molecule has 0 bridgehead atoms. The molecule has 0 fully saturated rings. The number of aromatic hydroxyl groups is 1. The second-order valence-electron chi connectivity index (χ2n) is 5.71. The molecule has 2 N–H and O–H groups in total. The number of phenols is 1. The molecule has 2 heteroatoms. The van der Waals surface area contributed by atoms with Crippen molar-refractivity contribution in [1.29, 1.82) is 0 Å². The van der Waals surface area contributed by atoms with Crippen LogP contribution in [-0.2, 0) is 19.3 Å². The molecular formula is C18H20O2. The van der Waals surface area contributed by atoms with Crippen molar-refractivity contribution in [2.75, 3.05) is 0 Å². The van der Waals surface area contributed by atoms with Crippen molar-refractivity contribution in [1.82, 2.24) is 0 Å². The summed E-state index contributed by atoms with van der Waals surface area (Å²) in [5.74, 6) is 0.605. The summed E-state index contributed by atoms with van der Waals surface area (Å²) in [6.45, 7) is 0. The summed E-state index contributed by atoms with van der Waals surface area (Å²) in [6, 6.07) is 15.7. The molecule has 2 unspecified atom stereocenters. The summed E-state index contributed by atoms with van der Waals surface area (Å²) in [5, 5.41) is 19.7. The van der Waals surface area contributed by atoms with E-state index in [1.807, 2.05) is 12.1 Å². The first-order chi connectivity index (χ1) is 9.72. The number of rotatable bonds is 3. The topological polar surface area (TPSA) is 40.5 Å². The Labute approximate surface area is 119 Å². The molecule has 20 heavy (non-hydrogen) atoms. The first-order valence-electron chi connectivity index (χ1n) is 7.25. The van der Waals surface area contributed by atoms with Gasteiger partial charge >= 0.3 is 0 Å². The molecule has 2 aromatic carbocycles. The highest BCUT2D eigenvalue weighted by Gasteiger charge is 2.24. The minimum absolute atomic E-state index is 0.273. The third kappa shape index (κ3) is 2.86. The second-order valence-corrected chi connectivity index (χ2v) is 5.71. The number of fused-ring (bicyclic) bond motifs is 1. The molecule has 2 nitrogen and oxygen atoms in total. The lowest BCUT2D eigenvalue weighted by molar-refractivity contribution is 0.0993. The molecule has 1 aliphatic rings. The van der Waals surface area contributed by atoms with Gasteiger partial charge in [-0.3, -0.25) is 0 Å². The van der Waals surface area contributed by atoms with E-state index in [-0.39, 0.29) is 11.9 Å². The second kappa shape index (κ2) is 5.68. The van der Waals surface area contributed by atoms with E-state index in [4.69, 9.17) is 0 Å². The molecule has 1 aliphatic carbocycles. The van der Waals surface area contributed by atoms with Gasteiger partial charge in [-0.1, -0.05) is 36.4 Å². The highest BCUT2D eigenvalue weighted by atomic mass is 16.3. The number of hydrogen-bond acceptors (Lipinski definition) is 2. The Kier molecular flexibility index (Phi) is 3.75. The molecular weight excluding hydrogens is 248 g/mol. The highest BCUT2D eigenvalue weighted by Crippen LogP contribution is 2.28. The number of benzene rings is 2. The van der Waals surface area contributed by atoms with Gasteiger partial charge in [-0.05, 0) is 60.4 Å². The first-order valence-corrected chi connectivity index (χ1v) is 7.25. The molecule has 0 aliphatic heterocycles. The lowest BCUT2D eigenvalue weighted by Gasteiger charge is -2.28. The summed E-state index contributed by atoms with van der Waals surface area (Å²) in [7, 11) is 0. The van der Waals surface area contributed by atoms with Crippen LogP contribution in [0.15, 0.2) is 48.5 Å². The normalized spacial score (nSPS) is 19.4. The number of aryl methyl sites for hydroxylation is 1. The molecule has 0 amide bonds. The van der Waals surface area contributed by atoms with Gasteiger partial charge in [-0.25, -0.2) is 0 Å². The molecule has 104 valence electrons. The monoisotopic (exact) mass is 268 g/mol. The molecule has 0 radical (unpaired) electrons. The van der Waals surface area contributed by atoms with Crippen LogP contribution in [0.3, 0.4) is 0 Å². The molecule has 0 aromatic heterocycles. The van der Waals surface area contributed by atoms with E-state index in [2.05, 4.69) is 24.3 Å². The van der Waals surface area contributed by atoms with Gasteiger partial charge in [0.1, 0.15) is 5.75 Å². The zero-order chi connectivity index (χ0) is 13.9. The zero-order valence-corrected chi connectivity index (χ0v) is 11.5. The molecule has 3 rings (SSSR count). The van der Waals surface area contributed by atoms with Crippen LogP contribution in [0, 0.1) is 5.92 Å². The Bertz CT molecular complexity index is 574. The summed E-state index contributed by atoms with van der Waals surface area (Å²) in [4.78, 5) is 0. The van der Waals surface area contributed by atoms with Gasteiger partial charge in [-0.2, -0.15) is 0 Å². The molecule has 2 aromatic rings. The van der Waals surface area contributed by atoms with Crippen LogP contribution >= 0.6 is 0 Å². The van der Waals surface area contributed by atoms with Crippen molar-refractivity contribution in [2.45, 2.75) is 31.8 Å². The average molecular weight is 268 g/mol. The molecule has 0 saturated heterocycles. The van der Waals surface area contributed by atoms with E-state index in [1.54, 1.807) is 12.1 Å². The van der Waals surface area contributed by atoms with Crippen molar-refractivity contribution in [3.8, 4) is 5.75 Å². The van der Waals surface area contributed by atoms with Crippen LogP contribution in [0.25, 0.3) is 0 Å². The van der Waals surface area contributed by atoms with Crippen molar-refractivity contribution in [3.05, 3.63) is 65.2 Å². The van der Waals surface area contributed by atoms with E-state index in [9.17, 15) is 10.2 Å². The lowest BCUT2D eigenvalue weighted by Crippen LogP contribution is -2.28. The van der Waals surface area contributed by atoms with Gasteiger partial charge in [0, 0.05) is 0 Å². The van der Waals surface area contributed by atoms with Crippen LogP contribution in [0.5, 0.6) is 5.75 Å². The predicted octanol–water partition coefficient (Wildman–Crippen LogP) is 3.10. The van der Waals surface area contributed by atoms with Crippen LogP contribution < -0.4 is 0 Å². The average Bonchev–Trinajstić information content (AvgIpc) is 2.49. The van der Waals surface area contributed by atoms with Crippen molar-refractivity contribution < 1.29 is 10.2 Å².